The fourth-order valence-corrected chi connectivity index (χ4v) is 2.81. The Morgan fingerprint density at radius 3 is 2.88 bits per heavy atom. The first kappa shape index (κ1) is 17.8. The lowest BCUT2D eigenvalue weighted by Crippen LogP contribution is -2.26. The number of nitrogens with one attached hydrogen (secondary N) is 2. The van der Waals surface area contributed by atoms with Crippen LogP contribution in [0.3, 0.4) is 0 Å². The van der Waals surface area contributed by atoms with E-state index in [9.17, 15) is 14.0 Å². The van der Waals surface area contributed by atoms with E-state index in [1.54, 1.807) is 18.3 Å². The zero-order valence-corrected chi connectivity index (χ0v) is 14.3. The van der Waals surface area contributed by atoms with Gasteiger partial charge in [0.1, 0.15) is 5.82 Å². The van der Waals surface area contributed by atoms with E-state index < -0.39 is 5.82 Å². The van der Waals surface area contributed by atoms with Gasteiger partial charge in [-0.05, 0) is 60.5 Å². The number of hydrogen-bond donors (Lipinski definition) is 2. The maximum absolute atomic E-state index is 13.2. The molecule has 2 heterocycles. The summed E-state index contributed by atoms with van der Waals surface area (Å²) >= 11 is 0. The average molecular weight is 353 g/mol. The minimum absolute atomic E-state index is 0.0882. The molecule has 1 aromatic carbocycles. The van der Waals surface area contributed by atoms with E-state index >= 15 is 0 Å². The highest BCUT2D eigenvalue weighted by Gasteiger charge is 2.07. The Labute approximate surface area is 150 Å². The molecule has 3 rings (SSSR count). The van der Waals surface area contributed by atoms with Gasteiger partial charge in [0, 0.05) is 30.9 Å². The predicted molar refractivity (Wildman–Crippen MR) is 98.4 cm³/mol. The highest BCUT2D eigenvalue weighted by atomic mass is 19.1. The highest BCUT2D eigenvalue weighted by molar-refractivity contribution is 5.79. The predicted octanol–water partition coefficient (Wildman–Crippen LogP) is 2.74. The topological polar surface area (TPSA) is 74.8 Å². The van der Waals surface area contributed by atoms with Gasteiger partial charge in [0.2, 0.25) is 5.91 Å². The second-order valence-electron chi connectivity index (χ2n) is 6.17. The van der Waals surface area contributed by atoms with Crippen molar-refractivity contribution < 1.29 is 9.18 Å². The molecule has 0 aliphatic heterocycles. The van der Waals surface area contributed by atoms with Crippen LogP contribution in [0.2, 0.25) is 0 Å². The molecule has 0 saturated carbocycles. The number of pyridine rings is 2. The average Bonchev–Trinajstić information content (AvgIpc) is 2.64. The normalized spacial score (nSPS) is 10.8. The number of hydrogen-bond acceptors (Lipinski definition) is 3. The molecule has 0 radical (unpaired) electrons. The van der Waals surface area contributed by atoms with E-state index in [0.717, 1.165) is 23.8 Å². The van der Waals surface area contributed by atoms with Gasteiger partial charge in [-0.1, -0.05) is 6.07 Å². The number of nitrogens with zero attached hydrogens (tertiary/aromatic N) is 1. The van der Waals surface area contributed by atoms with E-state index in [1.165, 1.54) is 12.1 Å². The van der Waals surface area contributed by atoms with Gasteiger partial charge in [-0.15, -0.1) is 0 Å². The van der Waals surface area contributed by atoms with Crippen LogP contribution in [0.4, 0.5) is 4.39 Å². The smallest absolute Gasteiger partial charge is 0.251 e. The number of benzene rings is 1. The van der Waals surface area contributed by atoms with E-state index in [4.69, 9.17) is 0 Å². The number of aromatic amines is 1. The summed E-state index contributed by atoms with van der Waals surface area (Å²) in [5.41, 5.74) is 1.83. The van der Waals surface area contributed by atoms with Crippen molar-refractivity contribution in [1.82, 2.24) is 15.3 Å². The van der Waals surface area contributed by atoms with Gasteiger partial charge in [0.05, 0.1) is 5.52 Å². The summed E-state index contributed by atoms with van der Waals surface area (Å²) in [4.78, 5) is 30.7. The third-order valence-corrected chi connectivity index (χ3v) is 4.19. The van der Waals surface area contributed by atoms with Gasteiger partial charge in [-0.2, -0.15) is 0 Å². The molecule has 0 spiro atoms. The quantitative estimate of drug-likeness (QED) is 0.642. The first-order valence-electron chi connectivity index (χ1n) is 8.59. The number of fused-ring (bicyclic) bond motifs is 1. The third kappa shape index (κ3) is 4.75. The van der Waals surface area contributed by atoms with Crippen molar-refractivity contribution in [2.75, 3.05) is 6.54 Å². The maximum Gasteiger partial charge on any atom is 0.251 e. The van der Waals surface area contributed by atoms with Crippen molar-refractivity contribution in [3.63, 3.8) is 0 Å². The molecule has 134 valence electrons. The first-order valence-corrected chi connectivity index (χ1v) is 8.59. The minimum atomic E-state index is -0.397. The number of amides is 1. The van der Waals surface area contributed by atoms with Crippen LogP contribution in [0.1, 0.15) is 24.0 Å². The molecule has 0 atom stereocenters. The minimum Gasteiger partial charge on any atom is -0.356 e. The SMILES string of the molecule is O=C(CCc1cc2ccc(F)cc2[nH]c1=O)NCCCc1cccnc1. The number of H-pyrrole nitrogens is 1. The maximum atomic E-state index is 13.2. The van der Waals surface area contributed by atoms with Crippen molar-refractivity contribution in [2.24, 2.45) is 0 Å². The molecule has 0 bridgehead atoms. The fraction of sp³-hybridized carbons (Fsp3) is 0.250. The molecule has 0 saturated heterocycles. The van der Waals surface area contributed by atoms with Crippen LogP contribution in [0.15, 0.2) is 53.6 Å². The van der Waals surface area contributed by atoms with Crippen LogP contribution < -0.4 is 10.9 Å². The van der Waals surface area contributed by atoms with Gasteiger partial charge in [0.15, 0.2) is 0 Å². The molecule has 0 unspecified atom stereocenters. The highest BCUT2D eigenvalue weighted by Crippen LogP contribution is 2.13. The molecule has 0 aliphatic carbocycles. The van der Waals surface area contributed by atoms with Crippen molar-refractivity contribution in [1.29, 1.82) is 0 Å². The second kappa shape index (κ2) is 8.38. The largest absolute Gasteiger partial charge is 0.356 e. The van der Waals surface area contributed by atoms with Crippen molar-refractivity contribution in [2.45, 2.75) is 25.7 Å². The van der Waals surface area contributed by atoms with Crippen LogP contribution in [0.25, 0.3) is 10.9 Å². The molecule has 0 aliphatic rings. The Kier molecular flexibility index (Phi) is 5.73. The zero-order chi connectivity index (χ0) is 18.4. The monoisotopic (exact) mass is 353 g/mol. The Morgan fingerprint density at radius 1 is 1.19 bits per heavy atom. The standard InChI is InChI=1S/C20H20FN3O2/c21-17-7-5-15-11-16(20(26)24-18(15)12-17)6-8-19(25)23-10-2-4-14-3-1-9-22-13-14/h1,3,5,7,9,11-13H,2,4,6,8,10H2,(H,23,25)(H,24,26). The van der Waals surface area contributed by atoms with E-state index in [1.807, 2.05) is 18.3 Å². The van der Waals surface area contributed by atoms with Crippen LogP contribution >= 0.6 is 0 Å². The summed E-state index contributed by atoms with van der Waals surface area (Å²) in [6.07, 6.45) is 5.82. The van der Waals surface area contributed by atoms with E-state index in [-0.39, 0.29) is 17.9 Å². The zero-order valence-electron chi connectivity index (χ0n) is 14.3. The Bertz CT molecular complexity index is 954. The summed E-state index contributed by atoms with van der Waals surface area (Å²) < 4.78 is 13.2. The van der Waals surface area contributed by atoms with Gasteiger partial charge < -0.3 is 10.3 Å². The molecular weight excluding hydrogens is 333 g/mol. The molecule has 26 heavy (non-hydrogen) atoms. The molecule has 2 aromatic heterocycles. The van der Waals surface area contributed by atoms with Crippen LogP contribution in [0, 0.1) is 5.82 Å². The summed E-state index contributed by atoms with van der Waals surface area (Å²) in [6.45, 7) is 0.584. The summed E-state index contributed by atoms with van der Waals surface area (Å²) in [5.74, 6) is -0.485. The number of rotatable bonds is 7. The van der Waals surface area contributed by atoms with Gasteiger partial charge in [-0.25, -0.2) is 4.39 Å². The lowest BCUT2D eigenvalue weighted by Gasteiger charge is -2.06. The molecule has 0 fully saturated rings. The molecular formula is C20H20FN3O2. The molecule has 2 N–H and O–H groups in total. The van der Waals surface area contributed by atoms with Gasteiger partial charge in [0.25, 0.3) is 5.56 Å². The van der Waals surface area contributed by atoms with Crippen molar-refractivity contribution in [3.05, 3.63) is 76.1 Å². The number of carbonyl (C=O) groups excluding carboxylic acids is 1. The molecule has 5 nitrogen and oxygen atoms in total. The Hall–Kier alpha value is -3.02. The summed E-state index contributed by atoms with van der Waals surface area (Å²) in [7, 11) is 0. The third-order valence-electron chi connectivity index (χ3n) is 4.19. The van der Waals surface area contributed by atoms with Gasteiger partial charge >= 0.3 is 0 Å². The number of aromatic nitrogens is 2. The number of halogens is 1. The Balaban J connectivity index is 1.48. The molecule has 1 amide bonds. The van der Waals surface area contributed by atoms with E-state index in [2.05, 4.69) is 15.3 Å². The molecule has 6 heteroatoms. The summed E-state index contributed by atoms with van der Waals surface area (Å²) in [6, 6.07) is 9.86. The first-order chi connectivity index (χ1) is 12.6. The van der Waals surface area contributed by atoms with Crippen LogP contribution in [0.5, 0.6) is 0 Å². The number of aryl methyl sites for hydroxylation is 2. The van der Waals surface area contributed by atoms with Crippen molar-refractivity contribution >= 4 is 16.8 Å². The van der Waals surface area contributed by atoms with Crippen LogP contribution in [-0.2, 0) is 17.6 Å². The lowest BCUT2D eigenvalue weighted by atomic mass is 10.1. The Morgan fingerprint density at radius 2 is 2.08 bits per heavy atom. The lowest BCUT2D eigenvalue weighted by molar-refractivity contribution is -0.121. The van der Waals surface area contributed by atoms with Gasteiger partial charge in [-0.3, -0.25) is 14.6 Å². The molecule has 3 aromatic rings. The van der Waals surface area contributed by atoms with E-state index in [0.29, 0.717) is 24.0 Å². The second-order valence-corrected chi connectivity index (χ2v) is 6.17. The summed E-state index contributed by atoms with van der Waals surface area (Å²) in [5, 5.41) is 3.61. The van der Waals surface area contributed by atoms with Crippen LogP contribution in [-0.4, -0.2) is 22.4 Å². The fourth-order valence-electron chi connectivity index (χ4n) is 2.81. The number of carbonyl (C=O) groups is 1. The van der Waals surface area contributed by atoms with Crippen molar-refractivity contribution in [3.8, 4) is 0 Å².